The minimum absolute atomic E-state index is 0.175. The molecule has 0 saturated carbocycles. The Bertz CT molecular complexity index is 810. The third kappa shape index (κ3) is 3.05. The molecule has 0 fully saturated rings. The predicted octanol–water partition coefficient (Wildman–Crippen LogP) is 5.22. The molecule has 0 aliphatic heterocycles. The van der Waals surface area contributed by atoms with E-state index in [0.717, 1.165) is 16.3 Å². The first-order chi connectivity index (χ1) is 10.7. The highest BCUT2D eigenvalue weighted by molar-refractivity contribution is 6.35. The predicted molar refractivity (Wildman–Crippen MR) is 90.7 cm³/mol. The largest absolute Gasteiger partial charge is 0.487 e. The van der Waals surface area contributed by atoms with Crippen LogP contribution in [0.1, 0.15) is 11.1 Å². The second kappa shape index (κ2) is 6.57. The molecular formula is C18H14Cl2O2. The molecule has 0 unspecified atom stereocenters. The number of hydrogen-bond acceptors (Lipinski definition) is 2. The number of rotatable bonds is 4. The van der Waals surface area contributed by atoms with Crippen LogP contribution in [0.5, 0.6) is 5.75 Å². The van der Waals surface area contributed by atoms with E-state index in [-0.39, 0.29) is 6.61 Å². The van der Waals surface area contributed by atoms with Gasteiger partial charge >= 0.3 is 0 Å². The van der Waals surface area contributed by atoms with Gasteiger partial charge in [-0.25, -0.2) is 0 Å². The van der Waals surface area contributed by atoms with Gasteiger partial charge in [-0.05, 0) is 28.5 Å². The molecule has 0 bridgehead atoms. The van der Waals surface area contributed by atoms with Crippen LogP contribution in [-0.4, -0.2) is 5.11 Å². The van der Waals surface area contributed by atoms with Gasteiger partial charge in [0, 0.05) is 10.6 Å². The fourth-order valence-corrected chi connectivity index (χ4v) is 3.05. The molecule has 112 valence electrons. The summed E-state index contributed by atoms with van der Waals surface area (Å²) in [5.74, 6) is 0.474. The molecule has 3 aromatic carbocycles. The molecule has 22 heavy (non-hydrogen) atoms. The van der Waals surface area contributed by atoms with Crippen molar-refractivity contribution in [2.24, 2.45) is 0 Å². The van der Waals surface area contributed by atoms with Crippen LogP contribution < -0.4 is 4.74 Å². The molecule has 0 atom stereocenters. The van der Waals surface area contributed by atoms with Crippen LogP contribution in [0.2, 0.25) is 10.0 Å². The monoisotopic (exact) mass is 332 g/mol. The summed E-state index contributed by atoms with van der Waals surface area (Å²) in [6.07, 6.45) is 0. The van der Waals surface area contributed by atoms with Gasteiger partial charge in [0.1, 0.15) is 12.4 Å². The number of hydrogen-bond donors (Lipinski definition) is 1. The minimum atomic E-state index is -0.175. The van der Waals surface area contributed by atoms with E-state index in [4.69, 9.17) is 27.9 Å². The first-order valence-corrected chi connectivity index (χ1v) is 7.63. The number of benzene rings is 3. The summed E-state index contributed by atoms with van der Waals surface area (Å²) >= 11 is 12.1. The Hall–Kier alpha value is -1.74. The van der Waals surface area contributed by atoms with E-state index in [0.29, 0.717) is 28.0 Å². The van der Waals surface area contributed by atoms with Crippen molar-refractivity contribution in [1.82, 2.24) is 0 Å². The van der Waals surface area contributed by atoms with Crippen LogP contribution in [0, 0.1) is 0 Å². The summed E-state index contributed by atoms with van der Waals surface area (Å²) in [4.78, 5) is 0. The quantitative estimate of drug-likeness (QED) is 0.709. The number of fused-ring (bicyclic) bond motifs is 1. The van der Waals surface area contributed by atoms with Crippen LogP contribution in [0.25, 0.3) is 10.8 Å². The summed E-state index contributed by atoms with van der Waals surface area (Å²) in [5, 5.41) is 12.6. The topological polar surface area (TPSA) is 29.5 Å². The van der Waals surface area contributed by atoms with E-state index < -0.39 is 0 Å². The fraction of sp³-hybridized carbons (Fsp3) is 0.111. The second-order valence-electron chi connectivity index (χ2n) is 4.96. The smallest absolute Gasteiger partial charge is 0.144 e. The molecule has 0 heterocycles. The Morgan fingerprint density at radius 2 is 1.68 bits per heavy atom. The van der Waals surface area contributed by atoms with Gasteiger partial charge in [0.15, 0.2) is 0 Å². The summed E-state index contributed by atoms with van der Waals surface area (Å²) in [6, 6.07) is 17.5. The number of ether oxygens (including phenoxy) is 1. The van der Waals surface area contributed by atoms with E-state index in [2.05, 4.69) is 18.2 Å². The minimum Gasteiger partial charge on any atom is -0.487 e. The molecule has 4 heteroatoms. The van der Waals surface area contributed by atoms with Gasteiger partial charge < -0.3 is 9.84 Å². The van der Waals surface area contributed by atoms with Crippen molar-refractivity contribution in [2.75, 3.05) is 0 Å². The van der Waals surface area contributed by atoms with E-state index >= 15 is 0 Å². The average Bonchev–Trinajstić information content (AvgIpc) is 2.53. The zero-order valence-corrected chi connectivity index (χ0v) is 13.2. The first-order valence-electron chi connectivity index (χ1n) is 6.87. The third-order valence-electron chi connectivity index (χ3n) is 3.51. The van der Waals surface area contributed by atoms with Crippen molar-refractivity contribution >= 4 is 34.0 Å². The summed E-state index contributed by atoms with van der Waals surface area (Å²) < 4.78 is 5.86. The van der Waals surface area contributed by atoms with E-state index in [1.54, 1.807) is 12.1 Å². The van der Waals surface area contributed by atoms with E-state index in [1.165, 1.54) is 0 Å². The second-order valence-corrected chi connectivity index (χ2v) is 5.80. The summed E-state index contributed by atoms with van der Waals surface area (Å²) in [7, 11) is 0. The van der Waals surface area contributed by atoms with Gasteiger partial charge in [-0.3, -0.25) is 0 Å². The van der Waals surface area contributed by atoms with Gasteiger partial charge in [-0.1, -0.05) is 65.7 Å². The highest BCUT2D eigenvalue weighted by Gasteiger charge is 2.11. The molecule has 3 rings (SSSR count). The van der Waals surface area contributed by atoms with Gasteiger partial charge in [-0.2, -0.15) is 0 Å². The standard InChI is InChI=1S/C18H14Cl2O2/c19-15-8-14(10-21)18(17(20)9-15)22-11-13-6-3-5-12-4-1-2-7-16(12)13/h1-9,21H,10-11H2. The lowest BCUT2D eigenvalue weighted by molar-refractivity contribution is 0.259. The molecule has 0 aliphatic rings. The molecule has 0 saturated heterocycles. The molecule has 2 nitrogen and oxygen atoms in total. The van der Waals surface area contributed by atoms with Gasteiger partial charge in [0.2, 0.25) is 0 Å². The summed E-state index contributed by atoms with van der Waals surface area (Å²) in [6.45, 7) is 0.195. The maximum atomic E-state index is 9.44. The Labute approximate surface area is 138 Å². The van der Waals surface area contributed by atoms with Crippen LogP contribution in [-0.2, 0) is 13.2 Å². The third-order valence-corrected chi connectivity index (χ3v) is 4.01. The van der Waals surface area contributed by atoms with Crippen LogP contribution >= 0.6 is 23.2 Å². The van der Waals surface area contributed by atoms with Crippen molar-refractivity contribution in [3.63, 3.8) is 0 Å². The van der Waals surface area contributed by atoms with Crippen molar-refractivity contribution in [3.05, 3.63) is 75.8 Å². The Morgan fingerprint density at radius 1 is 0.909 bits per heavy atom. The van der Waals surface area contributed by atoms with Crippen LogP contribution in [0.15, 0.2) is 54.6 Å². The lowest BCUT2D eigenvalue weighted by Crippen LogP contribution is -2.00. The Kier molecular flexibility index (Phi) is 4.53. The lowest BCUT2D eigenvalue weighted by atomic mass is 10.1. The number of aliphatic hydroxyl groups excluding tert-OH is 1. The average molecular weight is 333 g/mol. The molecular weight excluding hydrogens is 319 g/mol. The van der Waals surface area contributed by atoms with Crippen molar-refractivity contribution in [2.45, 2.75) is 13.2 Å². The van der Waals surface area contributed by atoms with Crippen molar-refractivity contribution in [1.29, 1.82) is 0 Å². The Morgan fingerprint density at radius 3 is 2.50 bits per heavy atom. The zero-order valence-electron chi connectivity index (χ0n) is 11.7. The zero-order chi connectivity index (χ0) is 15.5. The van der Waals surface area contributed by atoms with Gasteiger partial charge in [0.05, 0.1) is 11.6 Å². The molecule has 3 aromatic rings. The first kappa shape index (κ1) is 15.2. The number of aliphatic hydroxyl groups is 1. The molecule has 1 N–H and O–H groups in total. The maximum absolute atomic E-state index is 9.44. The highest BCUT2D eigenvalue weighted by Crippen LogP contribution is 2.33. The lowest BCUT2D eigenvalue weighted by Gasteiger charge is -2.14. The number of halogens is 2. The maximum Gasteiger partial charge on any atom is 0.144 e. The Balaban J connectivity index is 1.92. The van der Waals surface area contributed by atoms with Crippen LogP contribution in [0.4, 0.5) is 0 Å². The van der Waals surface area contributed by atoms with E-state index in [1.807, 2.05) is 24.3 Å². The summed E-state index contributed by atoms with van der Waals surface area (Å²) in [5.41, 5.74) is 1.64. The van der Waals surface area contributed by atoms with Crippen molar-refractivity contribution < 1.29 is 9.84 Å². The van der Waals surface area contributed by atoms with Crippen molar-refractivity contribution in [3.8, 4) is 5.75 Å². The molecule has 0 aromatic heterocycles. The molecule has 0 spiro atoms. The fourth-order valence-electron chi connectivity index (χ4n) is 2.46. The normalized spacial score (nSPS) is 10.9. The van der Waals surface area contributed by atoms with Crippen LogP contribution in [0.3, 0.4) is 0 Å². The van der Waals surface area contributed by atoms with E-state index in [9.17, 15) is 5.11 Å². The highest BCUT2D eigenvalue weighted by atomic mass is 35.5. The molecule has 0 aliphatic carbocycles. The SMILES string of the molecule is OCc1cc(Cl)cc(Cl)c1OCc1cccc2ccccc12. The molecule has 0 amide bonds. The van der Waals surface area contributed by atoms with Gasteiger partial charge in [-0.15, -0.1) is 0 Å². The molecule has 0 radical (unpaired) electrons. The van der Waals surface area contributed by atoms with Gasteiger partial charge in [0.25, 0.3) is 0 Å².